The summed E-state index contributed by atoms with van der Waals surface area (Å²) in [5.74, 6) is 0.0953. The van der Waals surface area contributed by atoms with Crippen LogP contribution in [-0.4, -0.2) is 24.4 Å². The molecule has 1 aliphatic heterocycles. The zero-order valence-corrected chi connectivity index (χ0v) is 8.14. The highest BCUT2D eigenvalue weighted by atomic mass is 35.5. The second-order valence-electron chi connectivity index (χ2n) is 3.28. The number of amides is 1. The van der Waals surface area contributed by atoms with Crippen LogP contribution in [0.3, 0.4) is 0 Å². The van der Waals surface area contributed by atoms with E-state index in [1.807, 2.05) is 13.1 Å². The van der Waals surface area contributed by atoms with E-state index >= 15 is 0 Å². The van der Waals surface area contributed by atoms with Gasteiger partial charge in [-0.05, 0) is 30.2 Å². The van der Waals surface area contributed by atoms with Crippen LogP contribution >= 0.6 is 11.6 Å². The van der Waals surface area contributed by atoms with Gasteiger partial charge in [-0.2, -0.15) is 0 Å². The third-order valence-corrected chi connectivity index (χ3v) is 2.60. The van der Waals surface area contributed by atoms with Gasteiger partial charge < -0.3 is 4.90 Å². The predicted molar refractivity (Wildman–Crippen MR) is 52.1 cm³/mol. The van der Waals surface area contributed by atoms with Gasteiger partial charge in [-0.3, -0.25) is 4.79 Å². The molecule has 0 saturated heterocycles. The van der Waals surface area contributed by atoms with Crippen molar-refractivity contribution in [1.29, 1.82) is 0 Å². The fourth-order valence-corrected chi connectivity index (χ4v) is 1.77. The number of likely N-dealkylation sites (N-methyl/N-ethyl adjacent to an activating group) is 1. The molecule has 0 aliphatic carbocycles. The lowest BCUT2D eigenvalue weighted by atomic mass is 10.00. The Balaban J connectivity index is 2.50. The van der Waals surface area contributed by atoms with E-state index in [0.717, 1.165) is 24.1 Å². The summed E-state index contributed by atoms with van der Waals surface area (Å²) in [5.41, 5.74) is 1.86. The van der Waals surface area contributed by atoms with Crippen LogP contribution in [0.4, 0.5) is 0 Å². The molecule has 0 spiro atoms. The van der Waals surface area contributed by atoms with Crippen LogP contribution < -0.4 is 0 Å². The number of rotatable bonds is 0. The summed E-state index contributed by atoms with van der Waals surface area (Å²) in [6.07, 6.45) is 0.901. The van der Waals surface area contributed by atoms with Gasteiger partial charge in [0.05, 0.1) is 0 Å². The van der Waals surface area contributed by atoms with Crippen molar-refractivity contribution in [3.63, 3.8) is 0 Å². The molecule has 1 amide bonds. The van der Waals surface area contributed by atoms with Crippen LogP contribution in [0.2, 0.25) is 5.02 Å². The van der Waals surface area contributed by atoms with Gasteiger partial charge >= 0.3 is 0 Å². The first-order chi connectivity index (χ1) is 6.18. The third-order valence-electron chi connectivity index (χ3n) is 2.36. The predicted octanol–water partition coefficient (Wildman–Crippen LogP) is 1.97. The Morgan fingerprint density at radius 2 is 2.23 bits per heavy atom. The van der Waals surface area contributed by atoms with Crippen molar-refractivity contribution in [2.75, 3.05) is 13.6 Å². The smallest absolute Gasteiger partial charge is 0.253 e. The molecular weight excluding hydrogens is 186 g/mol. The molecule has 0 aromatic heterocycles. The summed E-state index contributed by atoms with van der Waals surface area (Å²) in [7, 11) is 1.82. The maximum absolute atomic E-state index is 11.6. The minimum absolute atomic E-state index is 0.0953. The number of hydrogen-bond acceptors (Lipinski definition) is 1. The quantitative estimate of drug-likeness (QED) is 0.620. The van der Waals surface area contributed by atoms with Crippen molar-refractivity contribution in [1.82, 2.24) is 4.90 Å². The van der Waals surface area contributed by atoms with Gasteiger partial charge in [0.15, 0.2) is 0 Å². The second-order valence-corrected chi connectivity index (χ2v) is 3.71. The number of fused-ring (bicyclic) bond motifs is 1. The second kappa shape index (κ2) is 3.04. The standard InChI is InChI=1S/C10H10ClNO/c1-12-5-4-7-6-8(11)2-3-9(7)10(12)13/h2-3,6H,4-5H2,1H3. The summed E-state index contributed by atoms with van der Waals surface area (Å²) in [6.45, 7) is 0.784. The normalized spacial score (nSPS) is 15.8. The van der Waals surface area contributed by atoms with Crippen LogP contribution in [0.5, 0.6) is 0 Å². The number of hydrogen-bond donors (Lipinski definition) is 0. The number of benzene rings is 1. The third kappa shape index (κ3) is 1.42. The molecule has 3 heteroatoms. The van der Waals surface area contributed by atoms with E-state index < -0.39 is 0 Å². The molecule has 68 valence electrons. The highest BCUT2D eigenvalue weighted by Gasteiger charge is 2.20. The Labute approximate surface area is 82.1 Å². The van der Waals surface area contributed by atoms with Crippen molar-refractivity contribution >= 4 is 17.5 Å². The minimum atomic E-state index is 0.0953. The van der Waals surface area contributed by atoms with E-state index in [4.69, 9.17) is 11.6 Å². The van der Waals surface area contributed by atoms with E-state index in [1.54, 1.807) is 17.0 Å². The van der Waals surface area contributed by atoms with Crippen LogP contribution in [0, 0.1) is 0 Å². The first kappa shape index (κ1) is 8.57. The molecule has 1 aromatic rings. The van der Waals surface area contributed by atoms with Crippen LogP contribution in [-0.2, 0) is 6.42 Å². The molecule has 2 rings (SSSR count). The molecule has 1 aromatic carbocycles. The maximum atomic E-state index is 11.6. The molecule has 0 atom stereocenters. The number of carbonyl (C=O) groups excluding carboxylic acids is 1. The summed E-state index contributed by atoms with van der Waals surface area (Å²) >= 11 is 5.84. The lowest BCUT2D eigenvalue weighted by molar-refractivity contribution is 0.0781. The van der Waals surface area contributed by atoms with Gasteiger partial charge in [-0.25, -0.2) is 0 Å². The summed E-state index contributed by atoms with van der Waals surface area (Å²) in [4.78, 5) is 13.3. The topological polar surface area (TPSA) is 20.3 Å². The SMILES string of the molecule is CN1CCc2cc(Cl)ccc2C1=O. The average molecular weight is 196 g/mol. The first-order valence-electron chi connectivity index (χ1n) is 4.22. The highest BCUT2D eigenvalue weighted by Crippen LogP contribution is 2.21. The molecule has 0 radical (unpaired) electrons. The molecule has 13 heavy (non-hydrogen) atoms. The average Bonchev–Trinajstić information content (AvgIpc) is 2.12. The summed E-state index contributed by atoms with van der Waals surface area (Å²) < 4.78 is 0. The summed E-state index contributed by atoms with van der Waals surface area (Å²) in [5, 5.41) is 0.705. The lowest BCUT2D eigenvalue weighted by Gasteiger charge is -2.24. The zero-order valence-electron chi connectivity index (χ0n) is 7.38. The van der Waals surface area contributed by atoms with Crippen molar-refractivity contribution in [2.45, 2.75) is 6.42 Å². The van der Waals surface area contributed by atoms with Gasteiger partial charge in [0.2, 0.25) is 0 Å². The van der Waals surface area contributed by atoms with Gasteiger partial charge in [-0.15, -0.1) is 0 Å². The van der Waals surface area contributed by atoms with Crippen molar-refractivity contribution < 1.29 is 4.79 Å². The largest absolute Gasteiger partial charge is 0.341 e. The van der Waals surface area contributed by atoms with E-state index in [9.17, 15) is 4.79 Å². The molecule has 0 unspecified atom stereocenters. The lowest BCUT2D eigenvalue weighted by Crippen LogP contribution is -2.33. The van der Waals surface area contributed by atoms with Crippen molar-refractivity contribution in [2.24, 2.45) is 0 Å². The van der Waals surface area contributed by atoms with Crippen LogP contribution in [0.15, 0.2) is 18.2 Å². The highest BCUT2D eigenvalue weighted by molar-refractivity contribution is 6.30. The van der Waals surface area contributed by atoms with Crippen LogP contribution in [0.1, 0.15) is 15.9 Å². The number of carbonyl (C=O) groups is 1. The van der Waals surface area contributed by atoms with E-state index in [0.29, 0.717) is 5.02 Å². The van der Waals surface area contributed by atoms with Crippen molar-refractivity contribution in [3.8, 4) is 0 Å². The Morgan fingerprint density at radius 3 is 3.00 bits per heavy atom. The molecule has 1 aliphatic rings. The molecule has 2 nitrogen and oxygen atoms in total. The number of nitrogens with zero attached hydrogens (tertiary/aromatic N) is 1. The van der Waals surface area contributed by atoms with Gasteiger partial charge in [0, 0.05) is 24.2 Å². The Morgan fingerprint density at radius 1 is 1.46 bits per heavy atom. The molecule has 0 N–H and O–H groups in total. The van der Waals surface area contributed by atoms with Gasteiger partial charge in [-0.1, -0.05) is 11.6 Å². The Kier molecular flexibility index (Phi) is 2.00. The van der Waals surface area contributed by atoms with E-state index in [1.165, 1.54) is 0 Å². The molecular formula is C10H10ClNO. The number of halogens is 1. The minimum Gasteiger partial charge on any atom is -0.341 e. The van der Waals surface area contributed by atoms with E-state index in [-0.39, 0.29) is 5.91 Å². The Bertz CT molecular complexity index is 362. The zero-order chi connectivity index (χ0) is 9.42. The van der Waals surface area contributed by atoms with Gasteiger partial charge in [0.1, 0.15) is 0 Å². The first-order valence-corrected chi connectivity index (χ1v) is 4.60. The van der Waals surface area contributed by atoms with Crippen molar-refractivity contribution in [3.05, 3.63) is 34.3 Å². The fraction of sp³-hybridized carbons (Fsp3) is 0.300. The molecule has 0 fully saturated rings. The van der Waals surface area contributed by atoms with Gasteiger partial charge in [0.25, 0.3) is 5.91 Å². The monoisotopic (exact) mass is 195 g/mol. The molecule has 0 bridgehead atoms. The molecule has 1 heterocycles. The summed E-state index contributed by atoms with van der Waals surface area (Å²) in [6, 6.07) is 5.44. The Hall–Kier alpha value is -1.02. The van der Waals surface area contributed by atoms with E-state index in [2.05, 4.69) is 0 Å². The maximum Gasteiger partial charge on any atom is 0.253 e. The molecule has 0 saturated carbocycles. The fourth-order valence-electron chi connectivity index (χ4n) is 1.57. The van der Waals surface area contributed by atoms with Crippen LogP contribution in [0.25, 0.3) is 0 Å².